The van der Waals surface area contributed by atoms with Crippen molar-refractivity contribution >= 4 is 17.8 Å². The van der Waals surface area contributed by atoms with Crippen molar-refractivity contribution in [2.75, 3.05) is 6.54 Å². The molecule has 1 amide bonds. The van der Waals surface area contributed by atoms with Crippen molar-refractivity contribution in [1.82, 2.24) is 4.90 Å². The van der Waals surface area contributed by atoms with Crippen LogP contribution >= 0.6 is 0 Å². The van der Waals surface area contributed by atoms with Crippen molar-refractivity contribution in [3.8, 4) is 0 Å². The molecule has 0 fully saturated rings. The molecule has 0 spiro atoms. The molecule has 0 saturated heterocycles. The summed E-state index contributed by atoms with van der Waals surface area (Å²) in [4.78, 5) is 23.8. The molecule has 20 heavy (non-hydrogen) atoms. The van der Waals surface area contributed by atoms with Gasteiger partial charge in [-0.15, -0.1) is 0 Å². The van der Waals surface area contributed by atoms with Gasteiger partial charge in [-0.2, -0.15) is 0 Å². The van der Waals surface area contributed by atoms with Crippen molar-refractivity contribution in [2.45, 2.75) is 18.9 Å². The highest BCUT2D eigenvalue weighted by atomic mass is 16.4. The number of guanidine groups is 1. The van der Waals surface area contributed by atoms with Crippen molar-refractivity contribution in [2.24, 2.45) is 11.5 Å². The summed E-state index contributed by atoms with van der Waals surface area (Å²) in [6.07, 6.45) is 0.562. The number of nitrogens with two attached hydrogens (primary N) is 2. The van der Waals surface area contributed by atoms with Crippen LogP contribution in [0.25, 0.3) is 0 Å². The molecule has 0 radical (unpaired) electrons. The number of carbonyl (C=O) groups excluding carboxylic acids is 1. The fraction of sp³-hybridized carbons (Fsp3) is 0.308. The van der Waals surface area contributed by atoms with Gasteiger partial charge in [-0.3, -0.25) is 19.9 Å². The molecule has 1 aromatic rings. The monoisotopic (exact) mass is 278 g/mol. The molecule has 7 nitrogen and oxygen atoms in total. The summed E-state index contributed by atoms with van der Waals surface area (Å²) in [7, 11) is 0. The normalized spacial score (nSPS) is 11.7. The fourth-order valence-corrected chi connectivity index (χ4v) is 1.66. The van der Waals surface area contributed by atoms with Gasteiger partial charge in [0.15, 0.2) is 5.96 Å². The first-order valence-corrected chi connectivity index (χ1v) is 6.12. The van der Waals surface area contributed by atoms with Crippen molar-refractivity contribution < 1.29 is 14.7 Å². The number of benzene rings is 1. The number of nitrogens with one attached hydrogen (secondary N) is 1. The van der Waals surface area contributed by atoms with Crippen LogP contribution in [0.5, 0.6) is 0 Å². The summed E-state index contributed by atoms with van der Waals surface area (Å²) in [5.74, 6) is -1.85. The van der Waals surface area contributed by atoms with Crippen LogP contribution in [0.15, 0.2) is 30.3 Å². The summed E-state index contributed by atoms with van der Waals surface area (Å²) in [5.41, 5.74) is 11.2. The van der Waals surface area contributed by atoms with E-state index in [2.05, 4.69) is 0 Å². The third-order valence-corrected chi connectivity index (χ3v) is 2.77. The van der Waals surface area contributed by atoms with Gasteiger partial charge in [0.05, 0.1) is 0 Å². The maximum Gasteiger partial charge on any atom is 0.320 e. The smallest absolute Gasteiger partial charge is 0.320 e. The number of nitrogens with zero attached hydrogens (tertiary/aromatic N) is 1. The zero-order valence-electron chi connectivity index (χ0n) is 11.0. The molecule has 1 rings (SSSR count). The summed E-state index contributed by atoms with van der Waals surface area (Å²) in [6.45, 7) is 0.157. The van der Waals surface area contributed by atoms with Crippen LogP contribution in [0.2, 0.25) is 0 Å². The Kier molecular flexibility index (Phi) is 5.67. The lowest BCUT2D eigenvalue weighted by Gasteiger charge is -2.21. The van der Waals surface area contributed by atoms with Crippen LogP contribution in [0.1, 0.15) is 23.2 Å². The van der Waals surface area contributed by atoms with Gasteiger partial charge in [0.1, 0.15) is 6.04 Å². The minimum atomic E-state index is -1.09. The number of carbonyl (C=O) groups is 2. The van der Waals surface area contributed by atoms with E-state index in [4.69, 9.17) is 22.0 Å². The second-order valence-corrected chi connectivity index (χ2v) is 4.30. The van der Waals surface area contributed by atoms with Gasteiger partial charge >= 0.3 is 5.97 Å². The Hall–Kier alpha value is -2.41. The second-order valence-electron chi connectivity index (χ2n) is 4.30. The van der Waals surface area contributed by atoms with E-state index in [1.54, 1.807) is 30.3 Å². The van der Waals surface area contributed by atoms with Gasteiger partial charge in [-0.05, 0) is 25.0 Å². The predicted molar refractivity (Wildman–Crippen MR) is 74.2 cm³/mol. The Balaban J connectivity index is 2.64. The van der Waals surface area contributed by atoms with E-state index in [-0.39, 0.29) is 24.8 Å². The number of aliphatic carboxylic acids is 1. The molecule has 0 saturated carbocycles. The highest BCUT2D eigenvalue weighted by Gasteiger charge is 2.19. The molecule has 0 aromatic heterocycles. The largest absolute Gasteiger partial charge is 0.480 e. The first kappa shape index (κ1) is 15.6. The lowest BCUT2D eigenvalue weighted by molar-refractivity contribution is -0.138. The maximum absolute atomic E-state index is 12.2. The molecule has 6 N–H and O–H groups in total. The summed E-state index contributed by atoms with van der Waals surface area (Å²) < 4.78 is 0. The van der Waals surface area contributed by atoms with Crippen LogP contribution in [0.4, 0.5) is 0 Å². The van der Waals surface area contributed by atoms with E-state index in [0.717, 1.165) is 4.90 Å². The SMILES string of the molecule is N=C(N)N(CCC[C@@H](N)C(=O)O)C(=O)c1ccccc1. The van der Waals surface area contributed by atoms with E-state index >= 15 is 0 Å². The second kappa shape index (κ2) is 7.25. The van der Waals surface area contributed by atoms with E-state index in [0.29, 0.717) is 12.0 Å². The van der Waals surface area contributed by atoms with Crippen LogP contribution in [-0.2, 0) is 4.79 Å². The molecule has 0 bridgehead atoms. The van der Waals surface area contributed by atoms with Gasteiger partial charge in [0.25, 0.3) is 5.91 Å². The average molecular weight is 278 g/mol. The number of carboxylic acid groups (broad SMARTS) is 1. The zero-order chi connectivity index (χ0) is 15.1. The molecule has 0 heterocycles. The number of rotatable bonds is 6. The van der Waals surface area contributed by atoms with Gasteiger partial charge in [-0.25, -0.2) is 0 Å². The highest BCUT2D eigenvalue weighted by molar-refractivity contribution is 6.04. The average Bonchev–Trinajstić information content (AvgIpc) is 2.43. The number of hydrogen-bond acceptors (Lipinski definition) is 4. The fourth-order valence-electron chi connectivity index (χ4n) is 1.66. The van der Waals surface area contributed by atoms with Gasteiger partial charge in [0.2, 0.25) is 0 Å². The van der Waals surface area contributed by atoms with E-state index in [9.17, 15) is 9.59 Å². The molecular weight excluding hydrogens is 260 g/mol. The van der Waals surface area contributed by atoms with Crippen LogP contribution in [-0.4, -0.2) is 40.4 Å². The van der Waals surface area contributed by atoms with Crippen LogP contribution in [0.3, 0.4) is 0 Å². The van der Waals surface area contributed by atoms with E-state index in [1.165, 1.54) is 0 Å². The molecule has 0 aliphatic rings. The molecule has 1 aromatic carbocycles. The highest BCUT2D eigenvalue weighted by Crippen LogP contribution is 2.06. The van der Waals surface area contributed by atoms with E-state index < -0.39 is 12.0 Å². The molecule has 108 valence electrons. The van der Waals surface area contributed by atoms with E-state index in [1.807, 2.05) is 0 Å². The zero-order valence-corrected chi connectivity index (χ0v) is 11.0. The standard InChI is InChI=1S/C13H18N4O3/c14-10(12(19)20)7-4-8-17(13(15)16)11(18)9-5-2-1-3-6-9/h1-3,5-6,10H,4,7-8,14H2,(H3,15,16)(H,19,20)/t10-/m1/s1. The molecule has 0 unspecified atom stereocenters. The van der Waals surface area contributed by atoms with Gasteiger partial charge < -0.3 is 16.6 Å². The van der Waals surface area contributed by atoms with Gasteiger partial charge in [0, 0.05) is 12.1 Å². The van der Waals surface area contributed by atoms with Crippen molar-refractivity contribution in [1.29, 1.82) is 5.41 Å². The molecular formula is C13H18N4O3. The molecule has 0 aliphatic heterocycles. The lowest BCUT2D eigenvalue weighted by Crippen LogP contribution is -2.42. The lowest BCUT2D eigenvalue weighted by atomic mass is 10.1. The van der Waals surface area contributed by atoms with Gasteiger partial charge in [-0.1, -0.05) is 18.2 Å². The third-order valence-electron chi connectivity index (χ3n) is 2.77. The maximum atomic E-state index is 12.2. The number of amides is 1. The van der Waals surface area contributed by atoms with Crippen molar-refractivity contribution in [3.63, 3.8) is 0 Å². The Morgan fingerprint density at radius 1 is 1.30 bits per heavy atom. The summed E-state index contributed by atoms with van der Waals surface area (Å²) in [6, 6.07) is 7.48. The summed E-state index contributed by atoms with van der Waals surface area (Å²) >= 11 is 0. The number of hydrogen-bond donors (Lipinski definition) is 4. The van der Waals surface area contributed by atoms with Crippen LogP contribution in [0, 0.1) is 5.41 Å². The molecule has 1 atom stereocenters. The molecule has 7 heteroatoms. The Morgan fingerprint density at radius 3 is 2.40 bits per heavy atom. The number of carboxylic acids is 1. The molecule has 0 aliphatic carbocycles. The van der Waals surface area contributed by atoms with Crippen molar-refractivity contribution in [3.05, 3.63) is 35.9 Å². The minimum absolute atomic E-state index is 0.157. The Morgan fingerprint density at radius 2 is 1.90 bits per heavy atom. The predicted octanol–water partition coefficient (Wildman–Crippen LogP) is 0.214. The first-order chi connectivity index (χ1) is 9.43. The van der Waals surface area contributed by atoms with Crippen LogP contribution < -0.4 is 11.5 Å². The minimum Gasteiger partial charge on any atom is -0.480 e. The Bertz CT molecular complexity index is 490. The Labute approximate surface area is 116 Å². The quantitative estimate of drug-likeness (QED) is 0.436. The topological polar surface area (TPSA) is 134 Å². The third kappa shape index (κ3) is 4.36. The summed E-state index contributed by atoms with van der Waals surface area (Å²) in [5, 5.41) is 16.1. The first-order valence-electron chi connectivity index (χ1n) is 6.12.